The zero-order valence-corrected chi connectivity index (χ0v) is 10.9. The minimum absolute atomic E-state index is 0.200. The van der Waals surface area contributed by atoms with E-state index in [4.69, 9.17) is 21.2 Å². The maximum atomic E-state index is 11.1. The number of carbonyl (C=O) groups excluding carboxylic acids is 1. The van der Waals surface area contributed by atoms with Crippen LogP contribution in [0.3, 0.4) is 0 Å². The summed E-state index contributed by atoms with van der Waals surface area (Å²) in [7, 11) is 0. The molecule has 5 heteroatoms. The number of benzene rings is 1. The first-order valence-corrected chi connectivity index (χ1v) is 6.08. The van der Waals surface area contributed by atoms with E-state index in [1.54, 1.807) is 18.2 Å². The van der Waals surface area contributed by atoms with E-state index in [9.17, 15) is 4.79 Å². The standard InChI is InChI=1S/C13H15ClNO3/c1-2-3-8-17-13(16)10-18-15-9-11-6-4-5-7-12(11)14/h5-7,9H,2-3,8,10H2,1H3. The normalized spacial score (nSPS) is 10.6. The van der Waals surface area contributed by atoms with Gasteiger partial charge >= 0.3 is 5.97 Å². The van der Waals surface area contributed by atoms with Crippen LogP contribution in [0.4, 0.5) is 0 Å². The van der Waals surface area contributed by atoms with Crippen LogP contribution >= 0.6 is 11.6 Å². The summed E-state index contributed by atoms with van der Waals surface area (Å²) in [6.45, 7) is 2.24. The highest BCUT2D eigenvalue weighted by atomic mass is 35.5. The molecule has 97 valence electrons. The van der Waals surface area contributed by atoms with Gasteiger partial charge in [0.05, 0.1) is 12.8 Å². The van der Waals surface area contributed by atoms with Gasteiger partial charge in [0.2, 0.25) is 6.61 Å². The summed E-state index contributed by atoms with van der Waals surface area (Å²) >= 11 is 5.89. The number of unbranched alkanes of at least 4 members (excludes halogenated alkanes) is 1. The SMILES string of the molecule is CCCCOC(=O)CON=Cc1c[c]ccc1Cl. The molecule has 0 aliphatic rings. The highest BCUT2D eigenvalue weighted by Gasteiger charge is 2.02. The van der Waals surface area contributed by atoms with E-state index in [0.717, 1.165) is 12.8 Å². The van der Waals surface area contributed by atoms with Crippen molar-refractivity contribution < 1.29 is 14.4 Å². The molecule has 18 heavy (non-hydrogen) atoms. The third-order valence-electron chi connectivity index (χ3n) is 2.05. The number of esters is 1. The van der Waals surface area contributed by atoms with Gasteiger partial charge in [-0.15, -0.1) is 0 Å². The summed E-state index contributed by atoms with van der Waals surface area (Å²) < 4.78 is 4.89. The fourth-order valence-corrected chi connectivity index (χ4v) is 1.25. The van der Waals surface area contributed by atoms with Gasteiger partial charge in [-0.25, -0.2) is 4.79 Å². The lowest BCUT2D eigenvalue weighted by Crippen LogP contribution is -2.11. The fraction of sp³-hybridized carbons (Fsp3) is 0.385. The van der Waals surface area contributed by atoms with Crippen molar-refractivity contribution in [2.45, 2.75) is 19.8 Å². The molecular weight excluding hydrogens is 254 g/mol. The molecule has 0 fully saturated rings. The van der Waals surface area contributed by atoms with Crippen LogP contribution in [0, 0.1) is 6.07 Å². The molecule has 4 nitrogen and oxygen atoms in total. The number of carbonyl (C=O) groups is 1. The molecule has 1 rings (SSSR count). The largest absolute Gasteiger partial charge is 0.463 e. The molecule has 0 unspecified atom stereocenters. The van der Waals surface area contributed by atoms with Gasteiger partial charge < -0.3 is 9.57 Å². The van der Waals surface area contributed by atoms with Gasteiger partial charge in [0.1, 0.15) is 0 Å². The first kappa shape index (κ1) is 14.5. The monoisotopic (exact) mass is 268 g/mol. The summed E-state index contributed by atoms with van der Waals surface area (Å²) in [6, 6.07) is 7.93. The molecule has 0 bridgehead atoms. The highest BCUT2D eigenvalue weighted by molar-refractivity contribution is 6.33. The molecule has 0 aliphatic carbocycles. The molecule has 1 aromatic carbocycles. The van der Waals surface area contributed by atoms with Gasteiger partial charge in [0, 0.05) is 10.6 Å². The Hall–Kier alpha value is -1.55. The van der Waals surface area contributed by atoms with Gasteiger partial charge in [-0.05, 0) is 24.6 Å². The van der Waals surface area contributed by atoms with Crippen LogP contribution in [0.25, 0.3) is 0 Å². The number of halogens is 1. The smallest absolute Gasteiger partial charge is 0.347 e. The highest BCUT2D eigenvalue weighted by Crippen LogP contribution is 2.11. The quantitative estimate of drug-likeness (QED) is 0.331. The van der Waals surface area contributed by atoms with Crippen molar-refractivity contribution in [3.8, 4) is 0 Å². The second kappa shape index (κ2) is 8.53. The average Bonchev–Trinajstić information content (AvgIpc) is 2.37. The molecular formula is C13H15ClNO3. The zero-order chi connectivity index (χ0) is 13.2. The molecule has 0 saturated carbocycles. The summed E-state index contributed by atoms with van der Waals surface area (Å²) in [5.41, 5.74) is 0.679. The molecule has 0 amide bonds. The number of nitrogens with zero attached hydrogens (tertiary/aromatic N) is 1. The van der Waals surface area contributed by atoms with Crippen molar-refractivity contribution in [3.05, 3.63) is 34.9 Å². The second-order valence-corrected chi connectivity index (χ2v) is 3.94. The van der Waals surface area contributed by atoms with Crippen LogP contribution in [0.2, 0.25) is 5.02 Å². The summed E-state index contributed by atoms with van der Waals surface area (Å²) in [5, 5.41) is 4.19. The van der Waals surface area contributed by atoms with Crippen molar-refractivity contribution in [3.63, 3.8) is 0 Å². The van der Waals surface area contributed by atoms with E-state index >= 15 is 0 Å². The summed E-state index contributed by atoms with van der Waals surface area (Å²) in [6.07, 6.45) is 3.26. The predicted molar refractivity (Wildman–Crippen MR) is 69.7 cm³/mol. The Balaban J connectivity index is 2.25. The van der Waals surface area contributed by atoms with Crippen molar-refractivity contribution in [2.24, 2.45) is 5.16 Å². The summed E-state index contributed by atoms with van der Waals surface area (Å²) in [5.74, 6) is -0.425. The lowest BCUT2D eigenvalue weighted by Gasteiger charge is -2.02. The minimum Gasteiger partial charge on any atom is -0.463 e. The fourth-order valence-electron chi connectivity index (χ4n) is 1.08. The van der Waals surface area contributed by atoms with Crippen LogP contribution in [0.5, 0.6) is 0 Å². The zero-order valence-electron chi connectivity index (χ0n) is 10.2. The van der Waals surface area contributed by atoms with Crippen molar-refractivity contribution in [2.75, 3.05) is 13.2 Å². The number of rotatable bonds is 7. The van der Waals surface area contributed by atoms with Crippen LogP contribution < -0.4 is 0 Å². The second-order valence-electron chi connectivity index (χ2n) is 3.53. The van der Waals surface area contributed by atoms with E-state index in [1.165, 1.54) is 6.21 Å². The van der Waals surface area contributed by atoms with Gasteiger partial charge in [0.25, 0.3) is 0 Å². The molecule has 0 aromatic heterocycles. The van der Waals surface area contributed by atoms with E-state index in [-0.39, 0.29) is 6.61 Å². The first-order chi connectivity index (χ1) is 8.74. The third kappa shape index (κ3) is 5.68. The first-order valence-electron chi connectivity index (χ1n) is 5.70. The lowest BCUT2D eigenvalue weighted by atomic mass is 10.2. The average molecular weight is 269 g/mol. The topological polar surface area (TPSA) is 47.9 Å². The Bertz CT molecular complexity index is 407. The Morgan fingerprint density at radius 2 is 2.44 bits per heavy atom. The molecule has 0 aliphatic heterocycles. The molecule has 0 saturated heterocycles. The number of oxime groups is 1. The van der Waals surface area contributed by atoms with E-state index in [1.807, 2.05) is 6.92 Å². The van der Waals surface area contributed by atoms with E-state index in [2.05, 4.69) is 11.2 Å². The van der Waals surface area contributed by atoms with E-state index < -0.39 is 5.97 Å². The Morgan fingerprint density at radius 3 is 3.17 bits per heavy atom. The van der Waals surface area contributed by atoms with E-state index in [0.29, 0.717) is 17.2 Å². The lowest BCUT2D eigenvalue weighted by molar-refractivity contribution is -0.149. The molecule has 1 radical (unpaired) electrons. The number of hydrogen-bond donors (Lipinski definition) is 0. The molecule has 0 heterocycles. The maximum Gasteiger partial charge on any atom is 0.347 e. The maximum absolute atomic E-state index is 11.1. The van der Waals surface area contributed by atoms with Crippen LogP contribution in [-0.4, -0.2) is 25.4 Å². The molecule has 0 atom stereocenters. The number of ether oxygens (including phenoxy) is 1. The number of hydrogen-bond acceptors (Lipinski definition) is 4. The third-order valence-corrected chi connectivity index (χ3v) is 2.39. The Labute approximate surface area is 112 Å². The molecule has 0 N–H and O–H groups in total. The van der Waals surface area contributed by atoms with Crippen LogP contribution in [-0.2, 0) is 14.4 Å². The van der Waals surface area contributed by atoms with Gasteiger partial charge in [-0.2, -0.15) is 0 Å². The summed E-state index contributed by atoms with van der Waals surface area (Å²) in [4.78, 5) is 16.0. The molecule has 1 aromatic rings. The van der Waals surface area contributed by atoms with Crippen molar-refractivity contribution in [1.29, 1.82) is 0 Å². The Kier molecular flexibility index (Phi) is 6.87. The minimum atomic E-state index is -0.425. The van der Waals surface area contributed by atoms with Crippen LogP contribution in [0.1, 0.15) is 25.3 Å². The predicted octanol–water partition coefficient (Wildman–Crippen LogP) is 2.83. The van der Waals surface area contributed by atoms with Gasteiger partial charge in [-0.3, -0.25) is 0 Å². The Morgan fingerprint density at radius 1 is 1.61 bits per heavy atom. The van der Waals surface area contributed by atoms with Gasteiger partial charge in [-0.1, -0.05) is 36.2 Å². The van der Waals surface area contributed by atoms with Crippen molar-refractivity contribution >= 4 is 23.8 Å². The van der Waals surface area contributed by atoms with Crippen molar-refractivity contribution in [1.82, 2.24) is 0 Å². The molecule has 0 spiro atoms. The van der Waals surface area contributed by atoms with Crippen LogP contribution in [0.15, 0.2) is 23.4 Å². The van der Waals surface area contributed by atoms with Gasteiger partial charge in [0.15, 0.2) is 0 Å².